The van der Waals surface area contributed by atoms with Gasteiger partial charge < -0.3 is 14.7 Å². The van der Waals surface area contributed by atoms with Crippen LogP contribution in [0.5, 0.6) is 5.75 Å². The Bertz CT molecular complexity index is 1130. The molecule has 2 aromatic carbocycles. The van der Waals surface area contributed by atoms with Crippen LogP contribution in [0.2, 0.25) is 5.02 Å². The Morgan fingerprint density at radius 3 is 2.69 bits per heavy atom. The topological polar surface area (TPSA) is 67.6 Å². The van der Waals surface area contributed by atoms with Gasteiger partial charge in [-0.3, -0.25) is 4.79 Å². The Kier molecular flexibility index (Phi) is 5.66. The molecule has 2 atom stereocenters. The molecule has 0 radical (unpaired) electrons. The van der Waals surface area contributed by atoms with Crippen LogP contribution in [0.15, 0.2) is 48.8 Å². The molecule has 2 aliphatic rings. The molecule has 1 aromatic heterocycles. The normalized spacial score (nSPS) is 20.5. The van der Waals surface area contributed by atoms with Gasteiger partial charge in [0.1, 0.15) is 5.75 Å². The van der Waals surface area contributed by atoms with Crippen molar-refractivity contribution in [1.82, 2.24) is 14.7 Å². The number of carbonyl (C=O) groups is 1. The SMILES string of the molecule is COc1c(Cc2ccc(-n3cccn3)cc2)cc2c(c1Cl)CN(C1CCCC[C@@H]1O)C2=O. The number of carbonyl (C=O) groups excluding carboxylic acids is 1. The molecule has 1 N–H and O–H groups in total. The fourth-order valence-corrected chi connectivity index (χ4v) is 5.31. The number of halogens is 1. The molecule has 166 valence electrons. The summed E-state index contributed by atoms with van der Waals surface area (Å²) in [6, 6.07) is 11.8. The molecule has 1 amide bonds. The number of nitrogens with zero attached hydrogens (tertiary/aromatic N) is 3. The van der Waals surface area contributed by atoms with Crippen molar-refractivity contribution >= 4 is 17.5 Å². The summed E-state index contributed by atoms with van der Waals surface area (Å²) in [5, 5.41) is 15.2. The number of benzene rings is 2. The minimum atomic E-state index is -0.476. The molecule has 1 fully saturated rings. The van der Waals surface area contributed by atoms with E-state index < -0.39 is 6.10 Å². The van der Waals surface area contributed by atoms with Crippen LogP contribution in [0.1, 0.15) is 52.7 Å². The number of hydrogen-bond donors (Lipinski definition) is 1. The predicted octanol–water partition coefficient (Wildman–Crippen LogP) is 4.38. The maximum absolute atomic E-state index is 13.3. The molecule has 1 aliphatic heterocycles. The van der Waals surface area contributed by atoms with E-state index in [0.717, 1.165) is 48.1 Å². The van der Waals surface area contributed by atoms with E-state index in [1.165, 1.54) is 0 Å². The third-order valence-corrected chi connectivity index (χ3v) is 7.02. The molecule has 5 rings (SSSR count). The number of amides is 1. The number of ether oxygens (including phenoxy) is 1. The van der Waals surface area contributed by atoms with Crippen molar-refractivity contribution in [1.29, 1.82) is 0 Å². The molecule has 1 saturated carbocycles. The van der Waals surface area contributed by atoms with Crippen LogP contribution in [-0.2, 0) is 13.0 Å². The molecule has 0 saturated heterocycles. The van der Waals surface area contributed by atoms with E-state index in [-0.39, 0.29) is 11.9 Å². The van der Waals surface area contributed by atoms with Crippen LogP contribution >= 0.6 is 11.6 Å². The Labute approximate surface area is 192 Å². The first-order chi connectivity index (χ1) is 15.6. The lowest BCUT2D eigenvalue weighted by Gasteiger charge is -2.35. The summed E-state index contributed by atoms with van der Waals surface area (Å²) in [5.74, 6) is 0.561. The Balaban J connectivity index is 1.44. The number of aliphatic hydroxyl groups excluding tert-OH is 1. The average Bonchev–Trinajstić information content (AvgIpc) is 3.44. The van der Waals surface area contributed by atoms with E-state index in [4.69, 9.17) is 16.3 Å². The van der Waals surface area contributed by atoms with Crippen LogP contribution in [0.3, 0.4) is 0 Å². The zero-order valence-corrected chi connectivity index (χ0v) is 18.8. The molecule has 6 nitrogen and oxygen atoms in total. The van der Waals surface area contributed by atoms with Crippen molar-refractivity contribution in [3.05, 3.63) is 76.1 Å². The Hall–Kier alpha value is -2.83. The first kappa shape index (κ1) is 21.0. The summed E-state index contributed by atoms with van der Waals surface area (Å²) in [5.41, 5.74) is 4.36. The van der Waals surface area contributed by atoms with E-state index in [2.05, 4.69) is 5.10 Å². The highest BCUT2D eigenvalue weighted by Gasteiger charge is 2.39. The summed E-state index contributed by atoms with van der Waals surface area (Å²) in [4.78, 5) is 15.1. The van der Waals surface area contributed by atoms with Crippen LogP contribution in [0.25, 0.3) is 5.69 Å². The number of methoxy groups -OCH3 is 1. The summed E-state index contributed by atoms with van der Waals surface area (Å²) >= 11 is 6.75. The Morgan fingerprint density at radius 1 is 1.22 bits per heavy atom. The van der Waals surface area contributed by atoms with Crippen molar-refractivity contribution in [3.63, 3.8) is 0 Å². The fourth-order valence-electron chi connectivity index (χ4n) is 4.95. The average molecular weight is 452 g/mol. The van der Waals surface area contributed by atoms with Gasteiger partial charge >= 0.3 is 0 Å². The highest BCUT2D eigenvalue weighted by Crippen LogP contribution is 2.41. The zero-order chi connectivity index (χ0) is 22.2. The second-order valence-corrected chi connectivity index (χ2v) is 8.93. The minimum Gasteiger partial charge on any atom is -0.495 e. The van der Waals surface area contributed by atoms with Crippen LogP contribution < -0.4 is 4.74 Å². The quantitative estimate of drug-likeness (QED) is 0.625. The van der Waals surface area contributed by atoms with Crippen molar-refractivity contribution in [2.45, 2.75) is 50.8 Å². The van der Waals surface area contributed by atoms with Crippen LogP contribution in [0, 0.1) is 0 Å². The van der Waals surface area contributed by atoms with E-state index in [1.807, 2.05) is 47.3 Å². The maximum atomic E-state index is 13.3. The first-order valence-corrected chi connectivity index (χ1v) is 11.4. The Morgan fingerprint density at radius 2 is 2.00 bits per heavy atom. The predicted molar refractivity (Wildman–Crippen MR) is 123 cm³/mol. The lowest BCUT2D eigenvalue weighted by Crippen LogP contribution is -2.45. The van der Waals surface area contributed by atoms with Gasteiger partial charge in [0.25, 0.3) is 5.91 Å². The highest BCUT2D eigenvalue weighted by molar-refractivity contribution is 6.33. The van der Waals surface area contributed by atoms with Crippen molar-refractivity contribution in [2.24, 2.45) is 0 Å². The van der Waals surface area contributed by atoms with E-state index in [0.29, 0.717) is 29.3 Å². The molecular formula is C25H26ClN3O3. The van der Waals surface area contributed by atoms with Gasteiger partial charge in [-0.1, -0.05) is 36.6 Å². The standard InChI is InChI=1S/C25H26ClN3O3/c1-32-24-17(13-16-7-9-18(10-8-16)29-12-4-11-27-29)14-19-20(23(24)26)15-28(25(19)31)21-5-2-3-6-22(21)30/h4,7-12,14,21-22,30H,2-3,5-6,13,15H2,1H3/t21?,22-/m0/s1. The molecule has 3 aromatic rings. The summed E-state index contributed by atoms with van der Waals surface area (Å²) in [6.45, 7) is 0.421. The van der Waals surface area contributed by atoms with Gasteiger partial charge in [0, 0.05) is 42.0 Å². The molecule has 7 heteroatoms. The molecule has 0 spiro atoms. The number of hydrogen-bond acceptors (Lipinski definition) is 4. The molecule has 1 unspecified atom stereocenters. The summed E-state index contributed by atoms with van der Waals surface area (Å²) in [6.07, 6.45) is 7.36. The molecule has 32 heavy (non-hydrogen) atoms. The van der Waals surface area contributed by atoms with Gasteiger partial charge in [-0.25, -0.2) is 4.68 Å². The van der Waals surface area contributed by atoms with Gasteiger partial charge in [0.2, 0.25) is 0 Å². The second kappa shape index (κ2) is 8.60. The number of rotatable bonds is 5. The third kappa shape index (κ3) is 3.67. The van der Waals surface area contributed by atoms with E-state index in [9.17, 15) is 9.90 Å². The van der Waals surface area contributed by atoms with E-state index in [1.54, 1.807) is 18.2 Å². The van der Waals surface area contributed by atoms with E-state index >= 15 is 0 Å². The molecular weight excluding hydrogens is 426 g/mol. The van der Waals surface area contributed by atoms with Gasteiger partial charge in [0.05, 0.1) is 30.0 Å². The lowest BCUT2D eigenvalue weighted by molar-refractivity contribution is 0.0191. The summed E-state index contributed by atoms with van der Waals surface area (Å²) < 4.78 is 7.48. The van der Waals surface area contributed by atoms with Gasteiger partial charge in [0.15, 0.2) is 0 Å². The summed E-state index contributed by atoms with van der Waals surface area (Å²) in [7, 11) is 1.61. The maximum Gasteiger partial charge on any atom is 0.254 e. The van der Waals surface area contributed by atoms with Gasteiger partial charge in [-0.05, 0) is 42.7 Å². The third-order valence-electron chi connectivity index (χ3n) is 6.62. The smallest absolute Gasteiger partial charge is 0.254 e. The molecule has 1 aliphatic carbocycles. The monoisotopic (exact) mass is 451 g/mol. The first-order valence-electron chi connectivity index (χ1n) is 11.0. The second-order valence-electron chi connectivity index (χ2n) is 8.56. The molecule has 2 heterocycles. The van der Waals surface area contributed by atoms with Crippen molar-refractivity contribution < 1.29 is 14.6 Å². The van der Waals surface area contributed by atoms with Crippen molar-refractivity contribution in [3.8, 4) is 11.4 Å². The lowest BCUT2D eigenvalue weighted by atomic mass is 9.91. The molecule has 0 bridgehead atoms. The van der Waals surface area contributed by atoms with Gasteiger partial charge in [-0.15, -0.1) is 0 Å². The van der Waals surface area contributed by atoms with Crippen molar-refractivity contribution in [2.75, 3.05) is 7.11 Å². The number of aromatic nitrogens is 2. The number of fused-ring (bicyclic) bond motifs is 1. The number of aliphatic hydroxyl groups is 1. The van der Waals surface area contributed by atoms with Gasteiger partial charge in [-0.2, -0.15) is 5.10 Å². The zero-order valence-electron chi connectivity index (χ0n) is 18.0. The largest absolute Gasteiger partial charge is 0.495 e. The van der Waals surface area contributed by atoms with Crippen LogP contribution in [-0.4, -0.2) is 44.9 Å². The minimum absolute atomic E-state index is 0.0502. The van der Waals surface area contributed by atoms with Crippen LogP contribution in [0.4, 0.5) is 0 Å². The fraction of sp³-hybridized carbons (Fsp3) is 0.360. The highest BCUT2D eigenvalue weighted by atomic mass is 35.5.